The van der Waals surface area contributed by atoms with Gasteiger partial charge in [0.2, 0.25) is 5.91 Å². The Balaban J connectivity index is 1.80. The third kappa shape index (κ3) is 4.99. The van der Waals surface area contributed by atoms with Gasteiger partial charge in [0.1, 0.15) is 17.4 Å². The van der Waals surface area contributed by atoms with Crippen LogP contribution in [0.5, 0.6) is 0 Å². The van der Waals surface area contributed by atoms with E-state index in [0.29, 0.717) is 38.3 Å². The van der Waals surface area contributed by atoms with Crippen molar-refractivity contribution in [3.8, 4) is 6.07 Å². The molecule has 1 saturated heterocycles. The minimum atomic E-state index is -0.879. The lowest BCUT2D eigenvalue weighted by atomic mass is 9.83. The molecule has 0 bridgehead atoms. The van der Waals surface area contributed by atoms with Crippen LogP contribution in [0.3, 0.4) is 0 Å². The van der Waals surface area contributed by atoms with Gasteiger partial charge in [0.25, 0.3) is 5.91 Å². The molecule has 0 radical (unpaired) electrons. The quantitative estimate of drug-likeness (QED) is 0.749. The number of likely N-dealkylation sites (N-methyl/N-ethyl adjacent to an activating group) is 1. The summed E-state index contributed by atoms with van der Waals surface area (Å²) in [6.45, 7) is 1.33. The van der Waals surface area contributed by atoms with Gasteiger partial charge in [-0.05, 0) is 50.4 Å². The van der Waals surface area contributed by atoms with E-state index in [9.17, 15) is 19.2 Å². The molecule has 1 unspecified atom stereocenters. The van der Waals surface area contributed by atoms with Crippen molar-refractivity contribution in [1.29, 1.82) is 5.26 Å². The van der Waals surface area contributed by atoms with Gasteiger partial charge < -0.3 is 15.5 Å². The van der Waals surface area contributed by atoms with Crippen LogP contribution >= 0.6 is 0 Å². The molecule has 1 aliphatic carbocycles. The van der Waals surface area contributed by atoms with Crippen molar-refractivity contribution in [3.05, 3.63) is 35.6 Å². The standard InChI is InChI=1S/C23H31FN4O2/c1-28(23(16-25)11-13-26-14-12-23)22(30)20(15-17-7-3-2-4-8-17)27-21(29)18-9-5-6-10-19(18)24/h5-6,9-10,17,20,26H,2-4,7-8,11-15H2,1H3,(H,27,29). The fourth-order valence-corrected chi connectivity index (χ4v) is 4.67. The molecule has 0 aromatic heterocycles. The largest absolute Gasteiger partial charge is 0.340 e. The Morgan fingerprint density at radius 1 is 1.27 bits per heavy atom. The fraction of sp³-hybridized carbons (Fsp3) is 0.609. The Morgan fingerprint density at radius 3 is 2.57 bits per heavy atom. The summed E-state index contributed by atoms with van der Waals surface area (Å²) in [5.41, 5.74) is -0.950. The van der Waals surface area contributed by atoms with Gasteiger partial charge in [-0.1, -0.05) is 44.2 Å². The Hall–Kier alpha value is -2.46. The Morgan fingerprint density at radius 2 is 1.93 bits per heavy atom. The monoisotopic (exact) mass is 414 g/mol. The average molecular weight is 415 g/mol. The zero-order valence-electron chi connectivity index (χ0n) is 17.6. The molecule has 1 atom stereocenters. The molecule has 1 aromatic carbocycles. The molecule has 2 fully saturated rings. The van der Waals surface area contributed by atoms with Crippen LogP contribution in [0.1, 0.15) is 61.7 Å². The first-order valence-electron chi connectivity index (χ1n) is 10.9. The second-order valence-corrected chi connectivity index (χ2v) is 8.54. The summed E-state index contributed by atoms with van der Waals surface area (Å²) in [5.74, 6) is -1.13. The molecule has 3 rings (SSSR count). The zero-order valence-corrected chi connectivity index (χ0v) is 17.6. The maximum absolute atomic E-state index is 14.1. The lowest BCUT2D eigenvalue weighted by Crippen LogP contribution is -2.59. The van der Waals surface area contributed by atoms with E-state index >= 15 is 0 Å². The third-order valence-electron chi connectivity index (χ3n) is 6.63. The summed E-state index contributed by atoms with van der Waals surface area (Å²) in [6.07, 6.45) is 7.09. The van der Waals surface area contributed by atoms with E-state index in [1.54, 1.807) is 13.1 Å². The summed E-state index contributed by atoms with van der Waals surface area (Å²) in [7, 11) is 1.65. The van der Waals surface area contributed by atoms with Crippen molar-refractivity contribution < 1.29 is 14.0 Å². The topological polar surface area (TPSA) is 85.2 Å². The maximum atomic E-state index is 14.1. The molecule has 1 aromatic rings. The minimum Gasteiger partial charge on any atom is -0.340 e. The molecule has 30 heavy (non-hydrogen) atoms. The smallest absolute Gasteiger partial charge is 0.254 e. The number of hydrogen-bond donors (Lipinski definition) is 2. The lowest BCUT2D eigenvalue weighted by Gasteiger charge is -2.41. The average Bonchev–Trinajstić information content (AvgIpc) is 2.79. The van der Waals surface area contributed by atoms with Gasteiger partial charge >= 0.3 is 0 Å². The number of nitriles is 1. The molecule has 1 saturated carbocycles. The molecule has 1 aliphatic heterocycles. The number of hydrogen-bond acceptors (Lipinski definition) is 4. The van der Waals surface area contributed by atoms with Crippen molar-refractivity contribution in [3.63, 3.8) is 0 Å². The first kappa shape index (κ1) is 22.2. The van der Waals surface area contributed by atoms with Gasteiger partial charge in [-0.3, -0.25) is 9.59 Å². The van der Waals surface area contributed by atoms with E-state index in [4.69, 9.17) is 0 Å². The summed E-state index contributed by atoms with van der Waals surface area (Å²) in [4.78, 5) is 27.8. The van der Waals surface area contributed by atoms with Gasteiger partial charge in [0.15, 0.2) is 0 Å². The summed E-state index contributed by atoms with van der Waals surface area (Å²) < 4.78 is 14.1. The van der Waals surface area contributed by atoms with E-state index in [-0.39, 0.29) is 11.5 Å². The summed E-state index contributed by atoms with van der Waals surface area (Å²) >= 11 is 0. The van der Waals surface area contributed by atoms with Crippen LogP contribution < -0.4 is 10.6 Å². The molecule has 2 amide bonds. The summed E-state index contributed by atoms with van der Waals surface area (Å²) in [6, 6.07) is 7.35. The second kappa shape index (κ2) is 10.0. The second-order valence-electron chi connectivity index (χ2n) is 8.54. The number of benzene rings is 1. The number of halogens is 1. The predicted molar refractivity (Wildman–Crippen MR) is 112 cm³/mol. The summed E-state index contributed by atoms with van der Waals surface area (Å²) in [5, 5.41) is 15.9. The van der Waals surface area contributed by atoms with Gasteiger partial charge in [-0.15, -0.1) is 0 Å². The SMILES string of the molecule is CN(C(=O)C(CC1CCCCC1)NC(=O)c1ccccc1F)C1(C#N)CCNCC1. The minimum absolute atomic E-state index is 0.0709. The molecule has 1 heterocycles. The van der Waals surface area contributed by atoms with Crippen molar-refractivity contribution in [1.82, 2.24) is 15.5 Å². The van der Waals surface area contributed by atoms with E-state index in [0.717, 1.165) is 25.7 Å². The van der Waals surface area contributed by atoms with Crippen LogP contribution in [0.25, 0.3) is 0 Å². The number of amides is 2. The highest BCUT2D eigenvalue weighted by atomic mass is 19.1. The Bertz CT molecular complexity index is 795. The van der Waals surface area contributed by atoms with Crippen LogP contribution in [0.2, 0.25) is 0 Å². The molecule has 0 spiro atoms. The van der Waals surface area contributed by atoms with E-state index in [1.807, 2.05) is 0 Å². The van der Waals surface area contributed by atoms with E-state index in [2.05, 4.69) is 16.7 Å². The predicted octanol–water partition coefficient (Wildman–Crippen LogP) is 3.00. The Kier molecular flexibility index (Phi) is 7.43. The number of nitrogens with zero attached hydrogens (tertiary/aromatic N) is 2. The molecule has 7 heteroatoms. The van der Waals surface area contributed by atoms with Gasteiger partial charge in [-0.2, -0.15) is 5.26 Å². The highest BCUT2D eigenvalue weighted by Crippen LogP contribution is 2.30. The normalized spacial score (nSPS) is 20.0. The first-order chi connectivity index (χ1) is 14.5. The van der Waals surface area contributed by atoms with Crippen LogP contribution in [0.4, 0.5) is 4.39 Å². The zero-order chi connectivity index (χ0) is 21.6. The molecule has 2 aliphatic rings. The van der Waals surface area contributed by atoms with E-state index < -0.39 is 23.3 Å². The highest BCUT2D eigenvalue weighted by Gasteiger charge is 2.41. The van der Waals surface area contributed by atoms with Crippen molar-refractivity contribution in [2.24, 2.45) is 5.92 Å². The van der Waals surface area contributed by atoms with Crippen LogP contribution in [0, 0.1) is 23.1 Å². The molecular weight excluding hydrogens is 383 g/mol. The first-order valence-corrected chi connectivity index (χ1v) is 10.9. The number of nitrogens with one attached hydrogen (secondary N) is 2. The van der Waals surface area contributed by atoms with Crippen molar-refractivity contribution >= 4 is 11.8 Å². The molecular formula is C23H31FN4O2. The van der Waals surface area contributed by atoms with E-state index in [1.165, 1.54) is 29.5 Å². The molecule has 162 valence electrons. The fourth-order valence-electron chi connectivity index (χ4n) is 4.67. The number of carbonyl (C=O) groups is 2. The number of piperidine rings is 1. The van der Waals surface area contributed by atoms with Crippen molar-refractivity contribution in [2.75, 3.05) is 20.1 Å². The number of carbonyl (C=O) groups excluding carboxylic acids is 2. The van der Waals surface area contributed by atoms with Crippen molar-refractivity contribution in [2.45, 2.75) is 62.9 Å². The van der Waals surface area contributed by atoms with Crippen LogP contribution in [0.15, 0.2) is 24.3 Å². The van der Waals surface area contributed by atoms with Crippen LogP contribution in [-0.4, -0.2) is 48.4 Å². The molecule has 2 N–H and O–H groups in total. The van der Waals surface area contributed by atoms with Gasteiger partial charge in [0, 0.05) is 7.05 Å². The van der Waals surface area contributed by atoms with Gasteiger partial charge in [0.05, 0.1) is 11.6 Å². The number of rotatable bonds is 6. The third-order valence-corrected chi connectivity index (χ3v) is 6.63. The Labute approximate surface area is 177 Å². The molecule has 6 nitrogen and oxygen atoms in total. The maximum Gasteiger partial charge on any atom is 0.254 e. The van der Waals surface area contributed by atoms with Crippen LogP contribution in [-0.2, 0) is 4.79 Å². The van der Waals surface area contributed by atoms with Gasteiger partial charge in [-0.25, -0.2) is 4.39 Å². The lowest BCUT2D eigenvalue weighted by molar-refractivity contribution is -0.137. The highest BCUT2D eigenvalue weighted by molar-refractivity contribution is 5.97.